The Bertz CT molecular complexity index is 431. The van der Waals surface area contributed by atoms with Gasteiger partial charge in [-0.05, 0) is 50.6 Å². The third-order valence-corrected chi connectivity index (χ3v) is 3.04. The van der Waals surface area contributed by atoms with Gasteiger partial charge in [0.05, 0.1) is 0 Å². The van der Waals surface area contributed by atoms with Crippen LogP contribution in [0, 0.1) is 13.8 Å². The largest absolute Gasteiger partial charge is 0.491 e. The van der Waals surface area contributed by atoms with Crippen molar-refractivity contribution in [2.75, 3.05) is 13.2 Å². The van der Waals surface area contributed by atoms with Crippen molar-refractivity contribution in [3.63, 3.8) is 0 Å². The Morgan fingerprint density at radius 3 is 2.56 bits per heavy atom. The van der Waals surface area contributed by atoms with Gasteiger partial charge in [0.2, 0.25) is 0 Å². The zero-order valence-corrected chi connectivity index (χ0v) is 11.4. The molecule has 0 saturated carbocycles. The predicted molar refractivity (Wildman–Crippen MR) is 71.1 cm³/mol. The summed E-state index contributed by atoms with van der Waals surface area (Å²) in [6.07, 6.45) is 0. The molecule has 0 aromatic heterocycles. The van der Waals surface area contributed by atoms with Crippen molar-refractivity contribution < 1.29 is 14.6 Å². The second kappa shape index (κ2) is 5.87. The van der Waals surface area contributed by atoms with Crippen LogP contribution in [0.15, 0.2) is 18.2 Å². The molecule has 1 aromatic carbocycles. The van der Waals surface area contributed by atoms with E-state index in [9.17, 15) is 9.90 Å². The van der Waals surface area contributed by atoms with Crippen LogP contribution in [0.1, 0.15) is 25.0 Å². The third-order valence-electron chi connectivity index (χ3n) is 3.04. The van der Waals surface area contributed by atoms with E-state index in [1.807, 2.05) is 39.0 Å². The third kappa shape index (κ3) is 3.47. The molecule has 4 heteroatoms. The number of carboxylic acid groups (broad SMARTS) is 1. The Morgan fingerprint density at radius 2 is 2.06 bits per heavy atom. The Labute approximate surface area is 108 Å². The fraction of sp³-hybridized carbons (Fsp3) is 0.500. The number of ether oxygens (including phenoxy) is 1. The summed E-state index contributed by atoms with van der Waals surface area (Å²) in [6, 6.07) is 5.75. The van der Waals surface area contributed by atoms with E-state index in [0.29, 0.717) is 12.3 Å². The number of carbonyl (C=O) groups is 1. The molecule has 0 amide bonds. The van der Waals surface area contributed by atoms with Crippen LogP contribution < -0.4 is 10.1 Å². The molecule has 0 aliphatic rings. The Balaban J connectivity index is 2.73. The van der Waals surface area contributed by atoms with Gasteiger partial charge in [-0.3, -0.25) is 10.1 Å². The van der Waals surface area contributed by atoms with Crippen molar-refractivity contribution >= 4 is 5.97 Å². The summed E-state index contributed by atoms with van der Waals surface area (Å²) in [6.45, 7) is 8.21. The van der Waals surface area contributed by atoms with Crippen LogP contribution in [0.5, 0.6) is 5.75 Å². The number of aliphatic carboxylic acids is 1. The Kier molecular flexibility index (Phi) is 4.73. The van der Waals surface area contributed by atoms with Crippen molar-refractivity contribution in [1.29, 1.82) is 0 Å². The number of aryl methyl sites for hydroxylation is 2. The summed E-state index contributed by atoms with van der Waals surface area (Å²) in [7, 11) is 0. The average molecular weight is 251 g/mol. The summed E-state index contributed by atoms with van der Waals surface area (Å²) in [5.74, 6) is -0.211. The maximum atomic E-state index is 11.2. The predicted octanol–water partition coefficient (Wildman–Crippen LogP) is 2.14. The second-order valence-electron chi connectivity index (χ2n) is 4.70. The number of hydrogen-bond donors (Lipinski definition) is 2. The van der Waals surface area contributed by atoms with Crippen LogP contribution in [0.4, 0.5) is 0 Å². The van der Waals surface area contributed by atoms with Crippen LogP contribution >= 0.6 is 0 Å². The Hall–Kier alpha value is -1.55. The molecular weight excluding hydrogens is 230 g/mol. The molecule has 0 bridgehead atoms. The van der Waals surface area contributed by atoms with E-state index in [0.717, 1.165) is 5.56 Å². The molecule has 0 heterocycles. The van der Waals surface area contributed by atoms with Gasteiger partial charge < -0.3 is 9.84 Å². The van der Waals surface area contributed by atoms with Gasteiger partial charge in [0, 0.05) is 0 Å². The van der Waals surface area contributed by atoms with E-state index in [-0.39, 0.29) is 6.61 Å². The first-order chi connectivity index (χ1) is 8.39. The van der Waals surface area contributed by atoms with Gasteiger partial charge in [0.1, 0.15) is 17.9 Å². The average Bonchev–Trinajstić information content (AvgIpc) is 2.31. The maximum absolute atomic E-state index is 11.2. The maximum Gasteiger partial charge on any atom is 0.327 e. The molecule has 4 nitrogen and oxygen atoms in total. The van der Waals surface area contributed by atoms with Crippen molar-refractivity contribution in [1.82, 2.24) is 5.32 Å². The quantitative estimate of drug-likeness (QED) is 0.813. The molecule has 1 rings (SSSR count). The monoisotopic (exact) mass is 251 g/mol. The SMILES string of the molecule is CCNC(C)(COc1ccc(C)c(C)c1)C(=O)O. The summed E-state index contributed by atoms with van der Waals surface area (Å²) in [5.41, 5.74) is 1.26. The highest BCUT2D eigenvalue weighted by atomic mass is 16.5. The minimum Gasteiger partial charge on any atom is -0.491 e. The molecule has 0 aliphatic heterocycles. The molecule has 100 valence electrons. The molecular formula is C14H21NO3. The fourth-order valence-corrected chi connectivity index (χ4v) is 1.61. The number of benzene rings is 1. The van der Waals surface area contributed by atoms with Crippen LogP contribution in [-0.2, 0) is 4.79 Å². The number of hydrogen-bond acceptors (Lipinski definition) is 3. The first kappa shape index (κ1) is 14.5. The highest BCUT2D eigenvalue weighted by Gasteiger charge is 2.33. The van der Waals surface area contributed by atoms with Crippen molar-refractivity contribution in [2.45, 2.75) is 33.2 Å². The van der Waals surface area contributed by atoms with Crippen LogP contribution in [0.2, 0.25) is 0 Å². The smallest absolute Gasteiger partial charge is 0.327 e. The first-order valence-corrected chi connectivity index (χ1v) is 6.07. The van der Waals surface area contributed by atoms with Crippen molar-refractivity contribution in [3.05, 3.63) is 29.3 Å². The summed E-state index contributed by atoms with van der Waals surface area (Å²) >= 11 is 0. The molecule has 0 saturated heterocycles. The van der Waals surface area contributed by atoms with E-state index in [4.69, 9.17) is 4.74 Å². The van der Waals surface area contributed by atoms with Crippen LogP contribution in [0.3, 0.4) is 0 Å². The highest BCUT2D eigenvalue weighted by molar-refractivity contribution is 5.78. The molecule has 0 fully saturated rings. The van der Waals surface area contributed by atoms with E-state index < -0.39 is 11.5 Å². The molecule has 2 N–H and O–H groups in total. The highest BCUT2D eigenvalue weighted by Crippen LogP contribution is 2.18. The molecule has 1 aromatic rings. The zero-order chi connectivity index (χ0) is 13.8. The Morgan fingerprint density at radius 1 is 1.39 bits per heavy atom. The lowest BCUT2D eigenvalue weighted by Gasteiger charge is -2.25. The van der Waals surface area contributed by atoms with Gasteiger partial charge in [-0.1, -0.05) is 13.0 Å². The lowest BCUT2D eigenvalue weighted by molar-refractivity contribution is -0.145. The van der Waals surface area contributed by atoms with Gasteiger partial charge in [0.15, 0.2) is 0 Å². The molecule has 1 atom stereocenters. The number of rotatable bonds is 6. The van der Waals surface area contributed by atoms with Crippen LogP contribution in [0.25, 0.3) is 0 Å². The summed E-state index contributed by atoms with van der Waals surface area (Å²) in [5, 5.41) is 12.1. The topological polar surface area (TPSA) is 58.6 Å². The zero-order valence-electron chi connectivity index (χ0n) is 11.4. The summed E-state index contributed by atoms with van der Waals surface area (Å²) < 4.78 is 5.58. The minimum atomic E-state index is -1.06. The normalized spacial score (nSPS) is 14.0. The second-order valence-corrected chi connectivity index (χ2v) is 4.70. The lowest BCUT2D eigenvalue weighted by atomic mass is 10.0. The van der Waals surface area contributed by atoms with Gasteiger partial charge in [-0.2, -0.15) is 0 Å². The minimum absolute atomic E-state index is 0.0959. The molecule has 0 aliphatic carbocycles. The molecule has 0 radical (unpaired) electrons. The van der Waals surface area contributed by atoms with Gasteiger partial charge in [-0.25, -0.2) is 0 Å². The van der Waals surface area contributed by atoms with Crippen molar-refractivity contribution in [2.24, 2.45) is 0 Å². The van der Waals surface area contributed by atoms with E-state index in [2.05, 4.69) is 5.32 Å². The summed E-state index contributed by atoms with van der Waals surface area (Å²) in [4.78, 5) is 11.2. The first-order valence-electron chi connectivity index (χ1n) is 6.07. The van der Waals surface area contributed by atoms with E-state index >= 15 is 0 Å². The van der Waals surface area contributed by atoms with E-state index in [1.165, 1.54) is 5.56 Å². The number of carboxylic acids is 1. The van der Waals surface area contributed by atoms with E-state index in [1.54, 1.807) is 6.92 Å². The van der Waals surface area contributed by atoms with Crippen molar-refractivity contribution in [3.8, 4) is 5.75 Å². The fourth-order valence-electron chi connectivity index (χ4n) is 1.61. The number of nitrogens with one attached hydrogen (secondary N) is 1. The van der Waals surface area contributed by atoms with Crippen LogP contribution in [-0.4, -0.2) is 29.8 Å². The molecule has 1 unspecified atom stereocenters. The van der Waals surface area contributed by atoms with Gasteiger partial charge in [-0.15, -0.1) is 0 Å². The number of likely N-dealkylation sites (N-methyl/N-ethyl adjacent to an activating group) is 1. The van der Waals surface area contributed by atoms with Gasteiger partial charge >= 0.3 is 5.97 Å². The van der Waals surface area contributed by atoms with Gasteiger partial charge in [0.25, 0.3) is 0 Å². The lowest BCUT2D eigenvalue weighted by Crippen LogP contribution is -2.53. The standard InChI is InChI=1S/C14H21NO3/c1-5-15-14(4,13(16)17)9-18-12-7-6-10(2)11(3)8-12/h6-8,15H,5,9H2,1-4H3,(H,16,17). The molecule has 18 heavy (non-hydrogen) atoms. The molecule has 0 spiro atoms.